The van der Waals surface area contributed by atoms with Crippen LogP contribution in [0.1, 0.15) is 0 Å². The van der Waals surface area contributed by atoms with E-state index >= 15 is 0 Å². The van der Waals surface area contributed by atoms with Gasteiger partial charge >= 0.3 is 17.9 Å². The molecule has 9 nitrogen and oxygen atoms in total. The van der Waals surface area contributed by atoms with E-state index in [0.717, 1.165) is 0 Å². The highest BCUT2D eigenvalue weighted by Crippen LogP contribution is 2.34. The molecule has 154 valence electrons. The summed E-state index contributed by atoms with van der Waals surface area (Å²) in [6.45, 7) is -0.292. The molecule has 0 amide bonds. The molecular weight excluding hydrogens is 382 g/mol. The maximum Gasteiger partial charge on any atom is 0.355 e. The molecule has 2 rings (SSSR count). The van der Waals surface area contributed by atoms with Gasteiger partial charge in [0.15, 0.2) is 18.1 Å². The van der Waals surface area contributed by atoms with Gasteiger partial charge < -0.3 is 28.6 Å². The first kappa shape index (κ1) is 21.5. The van der Waals surface area contributed by atoms with Crippen LogP contribution in [-0.4, -0.2) is 53.0 Å². The molecule has 0 unspecified atom stereocenters. The van der Waals surface area contributed by atoms with Crippen LogP contribution in [0.4, 0.5) is 5.69 Å². The molecule has 0 spiro atoms. The van der Waals surface area contributed by atoms with Crippen LogP contribution in [0.15, 0.2) is 53.9 Å². The van der Waals surface area contributed by atoms with E-state index in [-0.39, 0.29) is 17.9 Å². The zero-order chi connectivity index (χ0) is 21.4. The molecule has 0 N–H and O–H groups in total. The lowest BCUT2D eigenvalue weighted by Crippen LogP contribution is -2.27. The first-order valence-corrected chi connectivity index (χ1v) is 8.39. The van der Waals surface area contributed by atoms with E-state index in [9.17, 15) is 14.4 Å². The third kappa shape index (κ3) is 4.95. The van der Waals surface area contributed by atoms with Gasteiger partial charge in [0, 0.05) is 18.0 Å². The molecule has 0 saturated heterocycles. The predicted octanol–water partition coefficient (Wildman–Crippen LogP) is 1.74. The first-order chi connectivity index (χ1) is 14.0. The van der Waals surface area contributed by atoms with Gasteiger partial charge in [0.25, 0.3) is 0 Å². The molecule has 1 aromatic rings. The van der Waals surface area contributed by atoms with Crippen LogP contribution in [0.25, 0.3) is 0 Å². The van der Waals surface area contributed by atoms with E-state index < -0.39 is 17.9 Å². The number of benzene rings is 1. The summed E-state index contributed by atoms with van der Waals surface area (Å²) in [4.78, 5) is 37.4. The van der Waals surface area contributed by atoms with Gasteiger partial charge in [0.05, 0.1) is 34.0 Å². The normalized spacial score (nSPS) is 12.9. The third-order valence-electron chi connectivity index (χ3n) is 3.89. The van der Waals surface area contributed by atoms with Gasteiger partial charge in [-0.1, -0.05) is 6.08 Å². The number of allylic oxidation sites excluding steroid dienone is 2. The Morgan fingerprint density at radius 2 is 1.62 bits per heavy atom. The maximum absolute atomic E-state index is 12.5. The van der Waals surface area contributed by atoms with E-state index in [0.29, 0.717) is 17.2 Å². The standard InChI is InChI=1S/C20H21NO8/c1-25-16-11-13(8-9-15(16)29-12-17(22)26-2)21-10-6-5-7-14(19(23)27-3)18(21)20(24)28-4/h5-11H,12H2,1-4H3. The summed E-state index contributed by atoms with van der Waals surface area (Å²) in [7, 11) is 5.12. The van der Waals surface area contributed by atoms with Crippen LogP contribution >= 0.6 is 0 Å². The van der Waals surface area contributed by atoms with E-state index in [1.54, 1.807) is 36.6 Å². The predicted molar refractivity (Wildman–Crippen MR) is 102 cm³/mol. The van der Waals surface area contributed by atoms with Crippen molar-refractivity contribution in [2.75, 3.05) is 39.9 Å². The lowest BCUT2D eigenvalue weighted by molar-refractivity contribution is -0.143. The first-order valence-electron chi connectivity index (χ1n) is 8.39. The molecule has 0 radical (unpaired) electrons. The number of carbonyl (C=O) groups excluding carboxylic acids is 3. The van der Waals surface area contributed by atoms with Crippen molar-refractivity contribution in [3.05, 3.63) is 53.9 Å². The quantitative estimate of drug-likeness (QED) is 0.498. The van der Waals surface area contributed by atoms with Gasteiger partial charge in [-0.2, -0.15) is 0 Å². The van der Waals surface area contributed by atoms with Gasteiger partial charge in [-0.15, -0.1) is 0 Å². The molecule has 29 heavy (non-hydrogen) atoms. The average molecular weight is 403 g/mol. The van der Waals surface area contributed by atoms with Crippen molar-refractivity contribution in [3.8, 4) is 11.5 Å². The van der Waals surface area contributed by atoms with Gasteiger partial charge in [0.1, 0.15) is 5.70 Å². The Kier molecular flexibility index (Phi) is 7.41. The number of nitrogens with zero attached hydrogens (tertiary/aromatic N) is 1. The summed E-state index contributed by atoms with van der Waals surface area (Å²) in [6.07, 6.45) is 6.29. The van der Waals surface area contributed by atoms with Gasteiger partial charge in [-0.05, 0) is 24.3 Å². The van der Waals surface area contributed by atoms with Crippen LogP contribution in [0.5, 0.6) is 11.5 Å². The van der Waals surface area contributed by atoms with E-state index in [4.69, 9.17) is 18.9 Å². The number of esters is 3. The number of carbonyl (C=O) groups is 3. The highest BCUT2D eigenvalue weighted by molar-refractivity contribution is 6.05. The molecular formula is C20H21NO8. The Hall–Kier alpha value is -3.75. The van der Waals surface area contributed by atoms with E-state index in [1.807, 2.05) is 0 Å². The lowest BCUT2D eigenvalue weighted by atomic mass is 10.1. The smallest absolute Gasteiger partial charge is 0.355 e. The molecule has 1 heterocycles. The second-order valence-corrected chi connectivity index (χ2v) is 5.52. The van der Waals surface area contributed by atoms with E-state index in [2.05, 4.69) is 4.74 Å². The summed E-state index contributed by atoms with van der Waals surface area (Å²) >= 11 is 0. The molecule has 0 saturated carbocycles. The molecule has 1 aliphatic rings. The summed E-state index contributed by atoms with van der Waals surface area (Å²) in [5.41, 5.74) is 0.470. The number of hydrogen-bond acceptors (Lipinski definition) is 9. The van der Waals surface area contributed by atoms with Crippen molar-refractivity contribution in [2.24, 2.45) is 0 Å². The molecule has 0 fully saturated rings. The van der Waals surface area contributed by atoms with E-state index in [1.165, 1.54) is 39.4 Å². The molecule has 0 aromatic heterocycles. The van der Waals surface area contributed by atoms with Gasteiger partial charge in [-0.25, -0.2) is 14.4 Å². The number of ether oxygens (including phenoxy) is 5. The number of methoxy groups -OCH3 is 4. The van der Waals surface area contributed by atoms with Crippen molar-refractivity contribution in [1.29, 1.82) is 0 Å². The highest BCUT2D eigenvalue weighted by atomic mass is 16.6. The highest BCUT2D eigenvalue weighted by Gasteiger charge is 2.28. The molecule has 9 heteroatoms. The Balaban J connectivity index is 2.51. The zero-order valence-electron chi connectivity index (χ0n) is 16.5. The van der Waals surface area contributed by atoms with Crippen molar-refractivity contribution in [3.63, 3.8) is 0 Å². The third-order valence-corrected chi connectivity index (χ3v) is 3.89. The monoisotopic (exact) mass is 403 g/mol. The topological polar surface area (TPSA) is 101 Å². The van der Waals surface area contributed by atoms with Crippen LogP contribution in [0.3, 0.4) is 0 Å². The number of rotatable bonds is 7. The van der Waals surface area contributed by atoms with Gasteiger partial charge in [-0.3, -0.25) is 0 Å². The minimum absolute atomic E-state index is 0.0225. The van der Waals surface area contributed by atoms with Crippen molar-refractivity contribution < 1.29 is 38.1 Å². The Labute approximate surface area is 167 Å². The summed E-state index contributed by atoms with van der Waals surface area (Å²) in [6, 6.07) is 4.78. The van der Waals surface area contributed by atoms with Crippen LogP contribution in [-0.2, 0) is 28.6 Å². The second kappa shape index (κ2) is 9.98. The molecule has 1 aliphatic heterocycles. The van der Waals surface area contributed by atoms with Crippen LogP contribution in [0.2, 0.25) is 0 Å². The second-order valence-electron chi connectivity index (χ2n) is 5.52. The summed E-state index contributed by atoms with van der Waals surface area (Å²) in [5.74, 6) is -1.36. The fraction of sp³-hybridized carbons (Fsp3) is 0.250. The minimum Gasteiger partial charge on any atom is -0.493 e. The molecule has 0 aliphatic carbocycles. The van der Waals surface area contributed by atoms with Crippen LogP contribution < -0.4 is 14.4 Å². The lowest BCUT2D eigenvalue weighted by Gasteiger charge is -2.24. The number of anilines is 1. The fourth-order valence-corrected chi connectivity index (χ4v) is 2.49. The zero-order valence-corrected chi connectivity index (χ0v) is 16.5. The summed E-state index contributed by atoms with van der Waals surface area (Å²) in [5, 5.41) is 0. The maximum atomic E-state index is 12.5. The number of hydrogen-bond donors (Lipinski definition) is 0. The summed E-state index contributed by atoms with van der Waals surface area (Å²) < 4.78 is 24.9. The Morgan fingerprint density at radius 3 is 2.24 bits per heavy atom. The van der Waals surface area contributed by atoms with Crippen molar-refractivity contribution >= 4 is 23.6 Å². The van der Waals surface area contributed by atoms with Gasteiger partial charge in [0.2, 0.25) is 0 Å². The SMILES string of the molecule is COC(=O)COc1ccc(N2C=CC=CC(C(=O)OC)=C2C(=O)OC)cc1OC. The Morgan fingerprint density at radius 1 is 0.897 bits per heavy atom. The molecule has 0 bridgehead atoms. The van der Waals surface area contributed by atoms with Crippen molar-refractivity contribution in [1.82, 2.24) is 0 Å². The van der Waals surface area contributed by atoms with Crippen LogP contribution in [0, 0.1) is 0 Å². The fourth-order valence-electron chi connectivity index (χ4n) is 2.49. The average Bonchev–Trinajstić information content (AvgIpc) is 2.99. The Bertz CT molecular complexity index is 884. The molecule has 0 atom stereocenters. The molecule has 1 aromatic carbocycles. The largest absolute Gasteiger partial charge is 0.493 e. The minimum atomic E-state index is -0.730. The van der Waals surface area contributed by atoms with Crippen molar-refractivity contribution in [2.45, 2.75) is 0 Å².